The molecule has 1 fully saturated rings. The predicted octanol–water partition coefficient (Wildman–Crippen LogP) is 4.55. The summed E-state index contributed by atoms with van der Waals surface area (Å²) in [6, 6.07) is 9.85. The molecule has 212 valence electrons. The lowest BCUT2D eigenvalue weighted by Gasteiger charge is -2.32. The summed E-state index contributed by atoms with van der Waals surface area (Å²) in [5.41, 5.74) is 0.944. The number of aromatic nitrogens is 2. The van der Waals surface area contributed by atoms with Crippen molar-refractivity contribution in [1.82, 2.24) is 19.8 Å². The van der Waals surface area contributed by atoms with Gasteiger partial charge in [0.05, 0.1) is 18.0 Å². The zero-order chi connectivity index (χ0) is 28.7. The Morgan fingerprint density at radius 2 is 1.75 bits per heavy atom. The first kappa shape index (κ1) is 27.9. The molecule has 0 aliphatic carbocycles. The molecule has 5 rings (SSSR count). The van der Waals surface area contributed by atoms with E-state index < -0.39 is 24.7 Å². The molecule has 0 atom stereocenters. The number of likely N-dealkylation sites (N-methyl/N-ethyl adjacent to an activating group) is 1. The number of hydrogen-bond donors (Lipinski definition) is 2. The molecule has 3 heterocycles. The number of carbonyl (C=O) groups excluding carboxylic acids is 1. The number of alkyl halides is 3. The number of ether oxygens (including phenoxy) is 1. The number of fused-ring (bicyclic) bond motifs is 1. The first-order valence-corrected chi connectivity index (χ1v) is 15.4. The minimum absolute atomic E-state index is 0.0681. The van der Waals surface area contributed by atoms with Crippen LogP contribution in [0.25, 0.3) is 0 Å². The summed E-state index contributed by atoms with van der Waals surface area (Å²) in [5, 5.41) is 6.10. The Morgan fingerprint density at radius 3 is 2.45 bits per heavy atom. The average molecular weight is 575 g/mol. The number of nitrogens with one attached hydrogen (secondary N) is 2. The minimum atomic E-state index is -4.73. The van der Waals surface area contributed by atoms with Crippen molar-refractivity contribution in [3.8, 4) is 5.75 Å². The van der Waals surface area contributed by atoms with Crippen LogP contribution in [0.2, 0.25) is 0 Å². The van der Waals surface area contributed by atoms with Gasteiger partial charge in [0.25, 0.3) is 5.91 Å². The summed E-state index contributed by atoms with van der Waals surface area (Å²) in [7, 11) is -0.787. The maximum absolute atomic E-state index is 13.9. The summed E-state index contributed by atoms with van der Waals surface area (Å²) >= 11 is 0. The molecule has 2 N–H and O–H groups in total. The zero-order valence-electron chi connectivity index (χ0n) is 22.4. The number of benzene rings is 2. The third kappa shape index (κ3) is 5.78. The molecule has 0 radical (unpaired) electrons. The quantitative estimate of drug-likeness (QED) is 0.414. The van der Waals surface area contributed by atoms with Gasteiger partial charge in [0, 0.05) is 55.2 Å². The van der Waals surface area contributed by atoms with Crippen LogP contribution < -0.4 is 20.7 Å². The van der Waals surface area contributed by atoms with E-state index in [2.05, 4.69) is 25.5 Å². The number of piperazine rings is 1. The molecular weight excluding hydrogens is 544 g/mol. The van der Waals surface area contributed by atoms with Crippen molar-refractivity contribution in [1.29, 1.82) is 0 Å². The minimum Gasteiger partial charge on any atom is -0.491 e. The van der Waals surface area contributed by atoms with E-state index in [0.29, 0.717) is 54.6 Å². The lowest BCUT2D eigenvalue weighted by atomic mass is 10.0. The molecule has 1 amide bonds. The number of para-hydroxylation sites is 1. The largest absolute Gasteiger partial charge is 0.491 e. The first-order chi connectivity index (χ1) is 18.9. The highest BCUT2D eigenvalue weighted by Gasteiger charge is 2.36. The molecule has 1 saturated heterocycles. The second kappa shape index (κ2) is 10.7. The second-order valence-corrected chi connectivity index (χ2v) is 13.4. The molecule has 2 aliphatic rings. The van der Waals surface area contributed by atoms with Crippen molar-refractivity contribution < 1.29 is 27.3 Å². The van der Waals surface area contributed by atoms with Crippen molar-refractivity contribution in [3.63, 3.8) is 0 Å². The van der Waals surface area contributed by atoms with Crippen LogP contribution in [0.3, 0.4) is 0 Å². The van der Waals surface area contributed by atoms with E-state index in [1.807, 2.05) is 11.9 Å². The van der Waals surface area contributed by atoms with Gasteiger partial charge in [-0.3, -0.25) is 4.79 Å². The number of carbonyl (C=O) groups is 1. The van der Waals surface area contributed by atoms with E-state index in [9.17, 15) is 22.5 Å². The predicted molar refractivity (Wildman–Crippen MR) is 148 cm³/mol. The van der Waals surface area contributed by atoms with E-state index in [-0.39, 0.29) is 17.5 Å². The van der Waals surface area contributed by atoms with Gasteiger partial charge in [-0.05, 0) is 44.6 Å². The fourth-order valence-electron chi connectivity index (χ4n) is 4.82. The standard InChI is InChI=1S/C27H30F3N6O3P/c1-35-11-13-36(14-12-35)25(37)18-8-9-21(23-17(18)10-15-39-23)33-26-31-16-19(27(28,29)30)24(34-26)32-20-6-4-5-7-22(20)40(2,3)38/h4-9,16H,10-15H2,1-3H3,(H2,31,32,33,34). The normalized spacial score (nSPS) is 15.9. The van der Waals surface area contributed by atoms with Crippen molar-refractivity contribution in [2.45, 2.75) is 12.6 Å². The second-order valence-electron chi connectivity index (χ2n) is 10.2. The lowest BCUT2D eigenvalue weighted by molar-refractivity contribution is -0.137. The number of anilines is 4. The van der Waals surface area contributed by atoms with Gasteiger partial charge in [0.2, 0.25) is 5.95 Å². The highest BCUT2D eigenvalue weighted by molar-refractivity contribution is 7.70. The van der Waals surface area contributed by atoms with Crippen molar-refractivity contribution in [3.05, 3.63) is 59.3 Å². The van der Waals surface area contributed by atoms with Crippen molar-refractivity contribution in [2.24, 2.45) is 0 Å². The Kier molecular flexibility index (Phi) is 7.50. The molecule has 0 saturated carbocycles. The van der Waals surface area contributed by atoms with Crippen LogP contribution in [0.1, 0.15) is 21.5 Å². The van der Waals surface area contributed by atoms with Crippen LogP contribution in [-0.4, -0.2) is 78.8 Å². The fourth-order valence-corrected chi connectivity index (χ4v) is 5.97. The molecule has 3 aromatic rings. The molecule has 2 aliphatic heterocycles. The maximum atomic E-state index is 13.9. The van der Waals surface area contributed by atoms with Crippen LogP contribution in [0.4, 0.5) is 36.3 Å². The Morgan fingerprint density at radius 1 is 1.02 bits per heavy atom. The molecular formula is C27H30F3N6O3P. The lowest BCUT2D eigenvalue weighted by Crippen LogP contribution is -2.47. The highest BCUT2D eigenvalue weighted by Crippen LogP contribution is 2.41. The summed E-state index contributed by atoms with van der Waals surface area (Å²) in [6.45, 7) is 6.33. The Balaban J connectivity index is 1.46. The Labute approximate surface area is 230 Å². The molecule has 9 nitrogen and oxygen atoms in total. The van der Waals surface area contributed by atoms with E-state index in [4.69, 9.17) is 4.74 Å². The summed E-state index contributed by atoms with van der Waals surface area (Å²) in [6.07, 6.45) is -3.50. The van der Waals surface area contributed by atoms with Crippen LogP contribution in [0, 0.1) is 0 Å². The third-order valence-corrected chi connectivity index (χ3v) is 8.51. The van der Waals surface area contributed by atoms with Crippen molar-refractivity contribution in [2.75, 3.05) is 63.8 Å². The number of nitrogens with zero attached hydrogens (tertiary/aromatic N) is 4. The monoisotopic (exact) mass is 574 g/mol. The van der Waals surface area contributed by atoms with Crippen LogP contribution >= 0.6 is 7.14 Å². The summed E-state index contributed by atoms with van der Waals surface area (Å²) < 4.78 is 60.2. The first-order valence-electron chi connectivity index (χ1n) is 12.8. The van der Waals surface area contributed by atoms with E-state index in [0.717, 1.165) is 18.7 Å². The molecule has 0 spiro atoms. The Hall–Kier alpha value is -3.63. The topological polar surface area (TPSA) is 99.7 Å². The zero-order valence-corrected chi connectivity index (χ0v) is 23.3. The number of rotatable bonds is 6. The van der Waals surface area contributed by atoms with Gasteiger partial charge < -0.3 is 29.7 Å². The van der Waals surface area contributed by atoms with E-state index >= 15 is 0 Å². The molecule has 2 aromatic carbocycles. The Bertz CT molecular complexity index is 1480. The smallest absolute Gasteiger partial charge is 0.421 e. The van der Waals surface area contributed by atoms with Crippen molar-refractivity contribution >= 4 is 41.5 Å². The van der Waals surface area contributed by atoms with Gasteiger partial charge in [-0.2, -0.15) is 18.2 Å². The number of hydrogen-bond acceptors (Lipinski definition) is 8. The highest BCUT2D eigenvalue weighted by atomic mass is 31.2. The molecule has 13 heteroatoms. The van der Waals surface area contributed by atoms with E-state index in [1.54, 1.807) is 49.7 Å². The van der Waals surface area contributed by atoms with Gasteiger partial charge in [-0.25, -0.2) is 4.98 Å². The SMILES string of the molecule is CN1CCN(C(=O)c2ccc(Nc3ncc(C(F)(F)F)c(Nc4ccccc4P(C)(C)=O)n3)c3c2CCO3)CC1. The van der Waals surface area contributed by atoms with Gasteiger partial charge in [0.1, 0.15) is 24.3 Å². The molecule has 1 aromatic heterocycles. The van der Waals surface area contributed by atoms with Gasteiger partial charge in [-0.1, -0.05) is 12.1 Å². The third-order valence-electron chi connectivity index (χ3n) is 6.96. The molecule has 40 heavy (non-hydrogen) atoms. The van der Waals surface area contributed by atoms with Crippen LogP contribution in [0.5, 0.6) is 5.75 Å². The van der Waals surface area contributed by atoms with Gasteiger partial charge >= 0.3 is 6.18 Å². The van der Waals surface area contributed by atoms with E-state index in [1.165, 1.54) is 0 Å². The fraction of sp³-hybridized carbons (Fsp3) is 0.370. The van der Waals surface area contributed by atoms with Crippen LogP contribution in [0.15, 0.2) is 42.6 Å². The van der Waals surface area contributed by atoms with Gasteiger partial charge in [0.15, 0.2) is 0 Å². The van der Waals surface area contributed by atoms with Crippen LogP contribution in [-0.2, 0) is 17.2 Å². The number of amides is 1. The van der Waals surface area contributed by atoms with Gasteiger partial charge in [-0.15, -0.1) is 0 Å². The summed E-state index contributed by atoms with van der Waals surface area (Å²) in [5.74, 6) is -0.187. The molecule has 0 unspecified atom stereocenters. The average Bonchev–Trinajstić information content (AvgIpc) is 3.39. The maximum Gasteiger partial charge on any atom is 0.421 e. The molecule has 0 bridgehead atoms. The number of halogens is 3. The summed E-state index contributed by atoms with van der Waals surface area (Å²) in [4.78, 5) is 25.3.